The number of aliphatic carboxylic acids is 1. The Kier molecular flexibility index (Phi) is 7.32. The number of hydrogen-bond donors (Lipinski definition) is 1. The van der Waals surface area contributed by atoms with E-state index in [2.05, 4.69) is 0 Å². The summed E-state index contributed by atoms with van der Waals surface area (Å²) < 4.78 is 15.8. The van der Waals surface area contributed by atoms with Crippen LogP contribution >= 0.6 is 0 Å². The predicted molar refractivity (Wildman–Crippen MR) is 119 cm³/mol. The summed E-state index contributed by atoms with van der Waals surface area (Å²) in [4.78, 5) is 24.8. The van der Waals surface area contributed by atoms with Gasteiger partial charge < -0.3 is 19.3 Å². The van der Waals surface area contributed by atoms with Gasteiger partial charge in [0.05, 0.1) is 37.9 Å². The zero-order valence-corrected chi connectivity index (χ0v) is 18.2. The smallest absolute Gasteiger partial charge is 0.320 e. The fourth-order valence-corrected chi connectivity index (χ4v) is 3.88. The number of likely N-dealkylation sites (tertiary alicyclic amines) is 1. The Morgan fingerprint density at radius 1 is 1.16 bits per heavy atom. The number of nitrogens with zero attached hydrogens (tertiary/aromatic N) is 2. The molecule has 32 heavy (non-hydrogen) atoms. The monoisotopic (exact) mass is 442 g/mol. The predicted octanol–water partition coefficient (Wildman–Crippen LogP) is 3.71. The third-order valence-corrected chi connectivity index (χ3v) is 5.54. The highest BCUT2D eigenvalue weighted by Gasteiger charge is 2.31. The lowest BCUT2D eigenvalue weighted by molar-refractivity contribution is -0.385. The summed E-state index contributed by atoms with van der Waals surface area (Å²) in [5.74, 6) is 0.430. The average molecular weight is 442 g/mol. The number of carboxylic acid groups (broad SMARTS) is 1. The molecule has 9 heteroatoms. The minimum Gasteiger partial charge on any atom is -0.497 e. The maximum absolute atomic E-state index is 11.8. The second-order valence-electron chi connectivity index (χ2n) is 7.39. The number of benzene rings is 2. The summed E-state index contributed by atoms with van der Waals surface area (Å²) in [5.41, 5.74) is 1.76. The standard InChI is InChI=1S/C23H26N2O7/c1-30-18-8-6-15(7-9-18)17(14-24-10-4-5-19(24)23(26)27)11-16-12-21(31-2)22(32-3)13-20(16)25(28)29/h6-9,11-13,19H,4-5,10,14H2,1-3H3,(H,26,27)/b17-11-. The fraction of sp³-hybridized carbons (Fsp3) is 0.348. The first-order valence-electron chi connectivity index (χ1n) is 10.1. The van der Waals surface area contributed by atoms with E-state index in [1.165, 1.54) is 20.3 Å². The number of carboxylic acids is 1. The molecular formula is C23H26N2O7. The van der Waals surface area contributed by atoms with Crippen molar-refractivity contribution in [2.24, 2.45) is 0 Å². The lowest BCUT2D eigenvalue weighted by Crippen LogP contribution is -2.36. The van der Waals surface area contributed by atoms with Crippen LogP contribution in [0.1, 0.15) is 24.0 Å². The molecular weight excluding hydrogens is 416 g/mol. The molecule has 1 aliphatic heterocycles. The van der Waals surface area contributed by atoms with Gasteiger partial charge in [0, 0.05) is 6.54 Å². The summed E-state index contributed by atoms with van der Waals surface area (Å²) in [6.45, 7) is 0.966. The Balaban J connectivity index is 2.11. The van der Waals surface area contributed by atoms with E-state index in [0.29, 0.717) is 36.6 Å². The number of hydrogen-bond acceptors (Lipinski definition) is 7. The molecule has 0 spiro atoms. The van der Waals surface area contributed by atoms with Crippen LogP contribution in [0.2, 0.25) is 0 Å². The van der Waals surface area contributed by atoms with Gasteiger partial charge in [-0.3, -0.25) is 19.8 Å². The number of nitro benzene ring substituents is 1. The molecule has 2 aromatic carbocycles. The van der Waals surface area contributed by atoms with Gasteiger partial charge in [-0.15, -0.1) is 0 Å². The Morgan fingerprint density at radius 3 is 2.38 bits per heavy atom. The first kappa shape index (κ1) is 23.1. The fourth-order valence-electron chi connectivity index (χ4n) is 3.88. The Bertz CT molecular complexity index is 1020. The van der Waals surface area contributed by atoms with Gasteiger partial charge in [-0.25, -0.2) is 0 Å². The van der Waals surface area contributed by atoms with Crippen molar-refractivity contribution >= 4 is 23.3 Å². The van der Waals surface area contributed by atoms with Crippen LogP contribution in [0.4, 0.5) is 5.69 Å². The van der Waals surface area contributed by atoms with E-state index in [1.54, 1.807) is 31.4 Å². The molecule has 1 aliphatic rings. The first-order valence-corrected chi connectivity index (χ1v) is 10.1. The lowest BCUT2D eigenvalue weighted by atomic mass is 10.00. The zero-order chi connectivity index (χ0) is 23.3. The molecule has 1 saturated heterocycles. The van der Waals surface area contributed by atoms with E-state index in [1.807, 2.05) is 17.0 Å². The van der Waals surface area contributed by atoms with Crippen molar-refractivity contribution in [3.05, 3.63) is 57.6 Å². The van der Waals surface area contributed by atoms with Crippen LogP contribution in [0.25, 0.3) is 11.6 Å². The third-order valence-electron chi connectivity index (χ3n) is 5.54. The van der Waals surface area contributed by atoms with E-state index in [-0.39, 0.29) is 11.4 Å². The molecule has 0 saturated carbocycles. The molecule has 3 rings (SSSR count). The molecule has 1 atom stereocenters. The van der Waals surface area contributed by atoms with Gasteiger partial charge in [0.2, 0.25) is 0 Å². The molecule has 0 radical (unpaired) electrons. The van der Waals surface area contributed by atoms with Gasteiger partial charge in [-0.05, 0) is 54.8 Å². The normalized spacial score (nSPS) is 16.6. The van der Waals surface area contributed by atoms with Gasteiger partial charge in [-0.1, -0.05) is 12.1 Å². The van der Waals surface area contributed by atoms with Crippen molar-refractivity contribution in [2.45, 2.75) is 18.9 Å². The molecule has 1 unspecified atom stereocenters. The highest BCUT2D eigenvalue weighted by atomic mass is 16.6. The van der Waals surface area contributed by atoms with Crippen molar-refractivity contribution < 1.29 is 29.0 Å². The molecule has 0 bridgehead atoms. The van der Waals surface area contributed by atoms with Gasteiger partial charge in [0.1, 0.15) is 11.8 Å². The average Bonchev–Trinajstić information content (AvgIpc) is 3.26. The van der Waals surface area contributed by atoms with E-state index < -0.39 is 16.9 Å². The zero-order valence-electron chi connectivity index (χ0n) is 18.2. The van der Waals surface area contributed by atoms with Crippen molar-refractivity contribution in [2.75, 3.05) is 34.4 Å². The van der Waals surface area contributed by atoms with E-state index in [4.69, 9.17) is 14.2 Å². The molecule has 2 aromatic rings. The molecule has 170 valence electrons. The molecule has 1 N–H and O–H groups in total. The summed E-state index contributed by atoms with van der Waals surface area (Å²) in [7, 11) is 4.45. The van der Waals surface area contributed by atoms with Crippen molar-refractivity contribution in [1.82, 2.24) is 4.90 Å². The number of rotatable bonds is 9. The van der Waals surface area contributed by atoms with Crippen LogP contribution in [-0.4, -0.2) is 61.4 Å². The van der Waals surface area contributed by atoms with Gasteiger partial charge in [0.25, 0.3) is 5.69 Å². The Hall–Kier alpha value is -3.59. The van der Waals surface area contributed by atoms with Crippen LogP contribution in [0.5, 0.6) is 17.2 Å². The van der Waals surface area contributed by atoms with Crippen molar-refractivity contribution in [1.29, 1.82) is 0 Å². The highest BCUT2D eigenvalue weighted by Crippen LogP contribution is 2.37. The number of nitro groups is 1. The molecule has 0 aromatic heterocycles. The second kappa shape index (κ2) is 10.1. The number of methoxy groups -OCH3 is 3. The van der Waals surface area contributed by atoms with Crippen LogP contribution in [-0.2, 0) is 4.79 Å². The summed E-state index contributed by atoms with van der Waals surface area (Å²) in [6.07, 6.45) is 3.06. The van der Waals surface area contributed by atoms with Gasteiger partial charge in [-0.2, -0.15) is 0 Å². The largest absolute Gasteiger partial charge is 0.497 e. The quantitative estimate of drug-likeness (QED) is 0.355. The van der Waals surface area contributed by atoms with E-state index >= 15 is 0 Å². The number of carbonyl (C=O) groups is 1. The Labute approximate surface area is 186 Å². The van der Waals surface area contributed by atoms with Crippen LogP contribution in [0.15, 0.2) is 36.4 Å². The van der Waals surface area contributed by atoms with Gasteiger partial charge in [0.15, 0.2) is 11.5 Å². The molecule has 9 nitrogen and oxygen atoms in total. The topological polar surface area (TPSA) is 111 Å². The molecule has 1 fully saturated rings. The summed E-state index contributed by atoms with van der Waals surface area (Å²) in [6, 6.07) is 9.59. The minimum absolute atomic E-state index is 0.134. The third kappa shape index (κ3) is 5.00. The highest BCUT2D eigenvalue weighted by molar-refractivity contribution is 5.86. The lowest BCUT2D eigenvalue weighted by Gasteiger charge is -2.23. The van der Waals surface area contributed by atoms with Crippen molar-refractivity contribution in [3.8, 4) is 17.2 Å². The molecule has 1 heterocycles. The number of ether oxygens (including phenoxy) is 3. The molecule has 0 aliphatic carbocycles. The maximum Gasteiger partial charge on any atom is 0.320 e. The van der Waals surface area contributed by atoms with Crippen LogP contribution in [0, 0.1) is 10.1 Å². The van der Waals surface area contributed by atoms with Crippen LogP contribution < -0.4 is 14.2 Å². The summed E-state index contributed by atoms with van der Waals surface area (Å²) in [5, 5.41) is 21.3. The van der Waals surface area contributed by atoms with E-state index in [0.717, 1.165) is 17.6 Å². The maximum atomic E-state index is 11.8. The van der Waals surface area contributed by atoms with Crippen LogP contribution in [0.3, 0.4) is 0 Å². The minimum atomic E-state index is -0.867. The SMILES string of the molecule is COc1ccc(/C(=C\c2cc(OC)c(OC)cc2[N+](=O)[O-])CN2CCCC2C(=O)O)cc1. The first-order chi connectivity index (χ1) is 15.4. The second-order valence-corrected chi connectivity index (χ2v) is 7.39. The Morgan fingerprint density at radius 2 is 1.81 bits per heavy atom. The molecule has 0 amide bonds. The van der Waals surface area contributed by atoms with Gasteiger partial charge >= 0.3 is 5.97 Å². The van der Waals surface area contributed by atoms with E-state index in [9.17, 15) is 20.0 Å². The summed E-state index contributed by atoms with van der Waals surface area (Å²) >= 11 is 0. The van der Waals surface area contributed by atoms with Crippen molar-refractivity contribution in [3.63, 3.8) is 0 Å².